The summed E-state index contributed by atoms with van der Waals surface area (Å²) in [5, 5.41) is 18.9. The van der Waals surface area contributed by atoms with Crippen LogP contribution in [0.3, 0.4) is 0 Å². The fraction of sp³-hybridized carbons (Fsp3) is 0.571. The van der Waals surface area contributed by atoms with Gasteiger partial charge in [-0.1, -0.05) is 37.3 Å². The minimum absolute atomic E-state index is 0.0355. The van der Waals surface area contributed by atoms with Crippen LogP contribution in [-0.2, 0) is 11.3 Å². The molecule has 0 radical (unpaired) electrons. The summed E-state index contributed by atoms with van der Waals surface area (Å²) < 4.78 is 5.54. The molecule has 0 aliphatic rings. The summed E-state index contributed by atoms with van der Waals surface area (Å²) in [7, 11) is 0. The van der Waals surface area contributed by atoms with E-state index in [1.165, 1.54) is 0 Å². The maximum absolute atomic E-state index is 9.75. The molecule has 1 rings (SSSR count). The van der Waals surface area contributed by atoms with Crippen LogP contribution in [0.15, 0.2) is 30.3 Å². The number of aliphatic hydroxyl groups is 2. The molecule has 0 amide bonds. The second kappa shape index (κ2) is 7.43. The van der Waals surface area contributed by atoms with Crippen molar-refractivity contribution >= 4 is 0 Å². The van der Waals surface area contributed by atoms with Gasteiger partial charge in [0.2, 0.25) is 0 Å². The van der Waals surface area contributed by atoms with E-state index >= 15 is 0 Å². The summed E-state index contributed by atoms with van der Waals surface area (Å²) in [6, 6.07) is 9.95. The Balaban J connectivity index is 2.22. The molecule has 2 N–H and O–H groups in total. The second-order valence-corrected chi connectivity index (χ2v) is 4.63. The average molecular weight is 238 g/mol. The van der Waals surface area contributed by atoms with Crippen molar-refractivity contribution < 1.29 is 14.9 Å². The number of benzene rings is 1. The molecule has 17 heavy (non-hydrogen) atoms. The highest BCUT2D eigenvalue weighted by molar-refractivity contribution is 5.13. The van der Waals surface area contributed by atoms with Gasteiger partial charge in [0, 0.05) is 5.92 Å². The van der Waals surface area contributed by atoms with Gasteiger partial charge in [0.15, 0.2) is 0 Å². The van der Waals surface area contributed by atoms with Crippen molar-refractivity contribution in [2.75, 3.05) is 6.61 Å². The highest BCUT2D eigenvalue weighted by atomic mass is 16.5. The number of aliphatic hydroxyl groups excluding tert-OH is 2. The van der Waals surface area contributed by atoms with E-state index in [9.17, 15) is 10.2 Å². The first-order valence-corrected chi connectivity index (χ1v) is 6.07. The molecule has 0 spiro atoms. The first kappa shape index (κ1) is 14.2. The second-order valence-electron chi connectivity index (χ2n) is 4.63. The Morgan fingerprint density at radius 2 is 1.76 bits per heavy atom. The summed E-state index contributed by atoms with van der Waals surface area (Å²) in [4.78, 5) is 0. The van der Waals surface area contributed by atoms with E-state index in [0.29, 0.717) is 19.6 Å². The highest BCUT2D eigenvalue weighted by Gasteiger charge is 2.16. The number of hydrogen-bond acceptors (Lipinski definition) is 3. The van der Waals surface area contributed by atoms with Crippen LogP contribution in [0, 0.1) is 5.92 Å². The first-order chi connectivity index (χ1) is 8.09. The smallest absolute Gasteiger partial charge is 0.0717 e. The summed E-state index contributed by atoms with van der Waals surface area (Å²) in [5.74, 6) is 0.0355. The fourth-order valence-electron chi connectivity index (χ4n) is 1.63. The monoisotopic (exact) mass is 238 g/mol. The topological polar surface area (TPSA) is 49.7 Å². The maximum atomic E-state index is 9.75. The van der Waals surface area contributed by atoms with Gasteiger partial charge < -0.3 is 14.9 Å². The zero-order chi connectivity index (χ0) is 12.7. The fourth-order valence-corrected chi connectivity index (χ4v) is 1.63. The van der Waals surface area contributed by atoms with Crippen LogP contribution in [-0.4, -0.2) is 29.0 Å². The van der Waals surface area contributed by atoms with Crippen molar-refractivity contribution in [2.45, 2.75) is 39.1 Å². The number of ether oxygens (including phenoxy) is 1. The molecule has 3 heteroatoms. The van der Waals surface area contributed by atoms with E-state index in [2.05, 4.69) is 0 Å². The van der Waals surface area contributed by atoms with Gasteiger partial charge in [0.05, 0.1) is 25.4 Å². The number of rotatable bonds is 7. The van der Waals surface area contributed by atoms with Crippen molar-refractivity contribution in [1.82, 2.24) is 0 Å². The minimum Gasteiger partial charge on any atom is -0.393 e. The predicted molar refractivity (Wildman–Crippen MR) is 67.6 cm³/mol. The predicted octanol–water partition coefficient (Wildman–Crippen LogP) is 1.97. The third-order valence-corrected chi connectivity index (χ3v) is 2.73. The van der Waals surface area contributed by atoms with Gasteiger partial charge in [-0.25, -0.2) is 0 Å². The quantitative estimate of drug-likeness (QED) is 0.763. The van der Waals surface area contributed by atoms with Crippen LogP contribution in [0.25, 0.3) is 0 Å². The van der Waals surface area contributed by atoms with Gasteiger partial charge in [-0.05, 0) is 18.9 Å². The van der Waals surface area contributed by atoms with Crippen molar-refractivity contribution in [3.8, 4) is 0 Å². The van der Waals surface area contributed by atoms with E-state index in [1.54, 1.807) is 6.92 Å². The van der Waals surface area contributed by atoms with E-state index in [-0.39, 0.29) is 5.92 Å². The lowest BCUT2D eigenvalue weighted by molar-refractivity contribution is 0.00612. The van der Waals surface area contributed by atoms with Gasteiger partial charge in [0.25, 0.3) is 0 Å². The van der Waals surface area contributed by atoms with Gasteiger partial charge in [-0.3, -0.25) is 0 Å². The molecule has 3 atom stereocenters. The van der Waals surface area contributed by atoms with Gasteiger partial charge in [-0.2, -0.15) is 0 Å². The summed E-state index contributed by atoms with van der Waals surface area (Å²) in [5.41, 5.74) is 1.13. The zero-order valence-corrected chi connectivity index (χ0v) is 10.5. The van der Waals surface area contributed by atoms with E-state index in [0.717, 1.165) is 5.56 Å². The molecule has 0 heterocycles. The highest BCUT2D eigenvalue weighted by Crippen LogP contribution is 2.11. The van der Waals surface area contributed by atoms with Crippen LogP contribution >= 0.6 is 0 Å². The molecule has 0 bridgehead atoms. The molecule has 0 fully saturated rings. The first-order valence-electron chi connectivity index (χ1n) is 6.07. The van der Waals surface area contributed by atoms with Crippen molar-refractivity contribution in [1.29, 1.82) is 0 Å². The average Bonchev–Trinajstić information content (AvgIpc) is 2.29. The van der Waals surface area contributed by atoms with Gasteiger partial charge >= 0.3 is 0 Å². The van der Waals surface area contributed by atoms with E-state index in [4.69, 9.17) is 4.74 Å². The Kier molecular flexibility index (Phi) is 6.19. The third-order valence-electron chi connectivity index (χ3n) is 2.73. The standard InChI is InChI=1S/C14H22O3/c1-11(14(16)8-12(2)15)9-17-10-13-6-4-3-5-7-13/h3-7,11-12,14-16H,8-10H2,1-2H3/t11-,12+,14-/m0/s1. The van der Waals surface area contributed by atoms with Gasteiger partial charge in [-0.15, -0.1) is 0 Å². The molecule has 0 aliphatic heterocycles. The molecule has 1 aromatic carbocycles. The van der Waals surface area contributed by atoms with Crippen LogP contribution in [0.1, 0.15) is 25.8 Å². The molecular formula is C14H22O3. The van der Waals surface area contributed by atoms with Crippen molar-refractivity contribution in [3.63, 3.8) is 0 Å². The van der Waals surface area contributed by atoms with E-state index < -0.39 is 12.2 Å². The lowest BCUT2D eigenvalue weighted by Gasteiger charge is -2.20. The summed E-state index contributed by atoms with van der Waals surface area (Å²) in [6.07, 6.45) is -0.581. The third kappa shape index (κ3) is 5.82. The van der Waals surface area contributed by atoms with Crippen LogP contribution in [0.2, 0.25) is 0 Å². The Labute approximate surface area is 103 Å². The number of hydrogen-bond donors (Lipinski definition) is 2. The molecule has 0 saturated carbocycles. The maximum Gasteiger partial charge on any atom is 0.0717 e. The lowest BCUT2D eigenvalue weighted by atomic mass is 10.0. The molecular weight excluding hydrogens is 216 g/mol. The van der Waals surface area contributed by atoms with Crippen molar-refractivity contribution in [2.24, 2.45) is 5.92 Å². The summed E-state index contributed by atoms with van der Waals surface area (Å²) >= 11 is 0. The Morgan fingerprint density at radius 1 is 1.12 bits per heavy atom. The minimum atomic E-state index is -0.509. The van der Waals surface area contributed by atoms with Crippen LogP contribution < -0.4 is 0 Å². The molecule has 1 aromatic rings. The van der Waals surface area contributed by atoms with Crippen LogP contribution in [0.4, 0.5) is 0 Å². The normalized spacial score (nSPS) is 16.5. The Hall–Kier alpha value is -0.900. The molecule has 0 aromatic heterocycles. The summed E-state index contributed by atoms with van der Waals surface area (Å²) in [6.45, 7) is 4.67. The molecule has 0 unspecified atom stereocenters. The SMILES string of the molecule is C[C@@H](O)C[C@H](O)[C@@H](C)COCc1ccccc1. The molecule has 0 aliphatic carbocycles. The van der Waals surface area contributed by atoms with E-state index in [1.807, 2.05) is 37.3 Å². The molecule has 3 nitrogen and oxygen atoms in total. The molecule has 96 valence electrons. The molecule has 0 saturated heterocycles. The van der Waals surface area contributed by atoms with Gasteiger partial charge in [0.1, 0.15) is 0 Å². The largest absolute Gasteiger partial charge is 0.393 e. The zero-order valence-electron chi connectivity index (χ0n) is 10.5. The Bertz CT molecular complexity index is 298. The van der Waals surface area contributed by atoms with Crippen molar-refractivity contribution in [3.05, 3.63) is 35.9 Å². The van der Waals surface area contributed by atoms with Crippen LogP contribution in [0.5, 0.6) is 0 Å². The Morgan fingerprint density at radius 3 is 2.35 bits per heavy atom. The lowest BCUT2D eigenvalue weighted by Crippen LogP contribution is -2.26.